The Kier molecular flexibility index (Phi) is 13.1. The number of nitrogens with zero attached hydrogens (tertiary/aromatic N) is 3. The fraction of sp³-hybridized carbons (Fsp3) is 0.324. The normalized spacial score (nSPS) is 12.7. The molecule has 56 heavy (non-hydrogen) atoms. The van der Waals surface area contributed by atoms with Gasteiger partial charge >= 0.3 is 35.7 Å². The summed E-state index contributed by atoms with van der Waals surface area (Å²) in [7, 11) is 1.49. The van der Waals surface area contributed by atoms with E-state index in [9.17, 15) is 41.9 Å². The van der Waals surface area contributed by atoms with Gasteiger partial charge in [0.25, 0.3) is 11.5 Å². The average Bonchev–Trinajstić information content (AvgIpc) is 3.11. The van der Waals surface area contributed by atoms with Gasteiger partial charge in [0.15, 0.2) is 0 Å². The molecule has 2 unspecified atom stereocenters. The molecule has 19 heteroatoms. The number of hydrogen-bond acceptors (Lipinski definition) is 10. The molecule has 298 valence electrons. The van der Waals surface area contributed by atoms with Crippen LogP contribution >= 0.6 is 0 Å². The lowest BCUT2D eigenvalue weighted by molar-refractivity contribution is -0.208. The van der Waals surface area contributed by atoms with Gasteiger partial charge in [0.1, 0.15) is 23.1 Å². The quantitative estimate of drug-likeness (QED) is 0.0706. The molecule has 3 N–H and O–H groups in total. The molecule has 0 radical (unpaired) electrons. The third-order valence-corrected chi connectivity index (χ3v) is 9.72. The number of hydrogen-bond donors (Lipinski definition) is 3. The number of ether oxygens (including phenoxy) is 1. The molecule has 0 aliphatic heterocycles. The van der Waals surface area contributed by atoms with Crippen LogP contribution in [0, 0.1) is 25.1 Å². The molecule has 0 aliphatic carbocycles. The van der Waals surface area contributed by atoms with E-state index in [0.717, 1.165) is 24.5 Å². The van der Waals surface area contributed by atoms with Crippen molar-refractivity contribution in [3.63, 3.8) is 0 Å². The van der Waals surface area contributed by atoms with Crippen LogP contribution < -0.4 is 26.6 Å². The minimum Gasteiger partial charge on any atom is -0.461 e. The number of carbonyl (C=O) groups is 4. The molecule has 2 aromatic heterocycles. The van der Waals surface area contributed by atoms with E-state index in [4.69, 9.17) is 8.92 Å². The van der Waals surface area contributed by atoms with Gasteiger partial charge < -0.3 is 19.9 Å². The van der Waals surface area contributed by atoms with Crippen LogP contribution in [0.2, 0.25) is 0 Å². The van der Waals surface area contributed by atoms with Crippen molar-refractivity contribution in [2.75, 3.05) is 10.0 Å². The van der Waals surface area contributed by atoms with Crippen molar-refractivity contribution in [3.05, 3.63) is 110 Å². The third kappa shape index (κ3) is 9.81. The second-order valence-corrected chi connectivity index (χ2v) is 14.8. The SMILES string of the molecule is Cc1cc(C(=O)NC(Cc2ccc(-n3c(=O)c(C)cn(C)c3=O)nc2)C(=O)OC(C)C)c(F)cc1N[S+](OC=O)c1ccc(NC(=O)C(C)(C)C(F)(F)F)cc1. The molecular formula is C37H39F4N6O8S+. The van der Waals surface area contributed by atoms with Gasteiger partial charge in [-0.1, -0.05) is 6.07 Å². The first kappa shape index (κ1) is 42.8. The van der Waals surface area contributed by atoms with E-state index in [0.29, 0.717) is 21.6 Å². The Balaban J connectivity index is 1.53. The lowest BCUT2D eigenvalue weighted by Gasteiger charge is -2.26. The van der Waals surface area contributed by atoms with Crippen molar-refractivity contribution >= 4 is 47.0 Å². The maximum absolute atomic E-state index is 15.6. The van der Waals surface area contributed by atoms with Gasteiger partial charge in [-0.05, 0) is 76.9 Å². The Bertz CT molecular complexity index is 2210. The van der Waals surface area contributed by atoms with Crippen LogP contribution in [0.1, 0.15) is 54.7 Å². The zero-order valence-electron chi connectivity index (χ0n) is 31.2. The van der Waals surface area contributed by atoms with Crippen LogP contribution in [0.4, 0.5) is 28.9 Å². The minimum atomic E-state index is -4.79. The highest BCUT2D eigenvalue weighted by Crippen LogP contribution is 2.38. The average molecular weight is 804 g/mol. The Morgan fingerprint density at radius 2 is 1.66 bits per heavy atom. The van der Waals surface area contributed by atoms with E-state index in [-0.39, 0.29) is 30.1 Å². The highest BCUT2D eigenvalue weighted by molar-refractivity contribution is 7.94. The van der Waals surface area contributed by atoms with E-state index in [2.05, 4.69) is 20.3 Å². The van der Waals surface area contributed by atoms with Gasteiger partial charge in [0.2, 0.25) is 10.8 Å². The van der Waals surface area contributed by atoms with Crippen molar-refractivity contribution < 1.29 is 45.7 Å². The molecule has 4 rings (SSSR count). The van der Waals surface area contributed by atoms with Gasteiger partial charge in [-0.3, -0.25) is 14.4 Å². The maximum Gasteiger partial charge on any atom is 0.402 e. The number of amides is 2. The first-order chi connectivity index (χ1) is 26.1. The molecule has 0 aliphatic rings. The Morgan fingerprint density at radius 3 is 2.23 bits per heavy atom. The number of rotatable bonds is 14. The van der Waals surface area contributed by atoms with Crippen molar-refractivity contribution in [3.8, 4) is 5.82 Å². The number of esters is 1. The number of anilines is 2. The van der Waals surface area contributed by atoms with E-state index in [1.165, 1.54) is 73.4 Å². The van der Waals surface area contributed by atoms with E-state index in [1.54, 1.807) is 20.8 Å². The number of alkyl halides is 3. The molecule has 14 nitrogen and oxygen atoms in total. The molecule has 0 spiro atoms. The zero-order valence-corrected chi connectivity index (χ0v) is 32.1. The molecule has 0 saturated heterocycles. The van der Waals surface area contributed by atoms with Gasteiger partial charge in [0, 0.05) is 55.3 Å². The summed E-state index contributed by atoms with van der Waals surface area (Å²) in [5.74, 6) is -4.04. The lowest BCUT2D eigenvalue weighted by atomic mass is 9.91. The van der Waals surface area contributed by atoms with Crippen molar-refractivity contribution in [1.82, 2.24) is 19.4 Å². The zero-order chi connectivity index (χ0) is 41.7. The summed E-state index contributed by atoms with van der Waals surface area (Å²) < 4.78 is 70.9. The maximum atomic E-state index is 15.6. The van der Waals surface area contributed by atoms with Crippen molar-refractivity contribution in [2.24, 2.45) is 12.5 Å². The van der Waals surface area contributed by atoms with E-state index >= 15 is 4.39 Å². The minimum absolute atomic E-state index is 0.0375. The van der Waals surface area contributed by atoms with E-state index in [1.807, 2.05) is 0 Å². The monoisotopic (exact) mass is 803 g/mol. The predicted octanol–water partition coefficient (Wildman–Crippen LogP) is 4.60. The molecule has 2 aromatic carbocycles. The van der Waals surface area contributed by atoms with Crippen LogP contribution in [0.5, 0.6) is 0 Å². The number of aryl methyl sites for hydroxylation is 3. The molecule has 2 amide bonds. The van der Waals surface area contributed by atoms with Gasteiger partial charge in [-0.25, -0.2) is 32.5 Å². The molecule has 4 aromatic rings. The van der Waals surface area contributed by atoms with Gasteiger partial charge in [-0.15, -0.1) is 0 Å². The Labute approximate surface area is 320 Å². The molecular weight excluding hydrogens is 764 g/mol. The second-order valence-electron chi connectivity index (χ2n) is 13.4. The molecule has 2 heterocycles. The summed E-state index contributed by atoms with van der Waals surface area (Å²) >= 11 is -1.57. The summed E-state index contributed by atoms with van der Waals surface area (Å²) in [5.41, 5.74) is -3.08. The first-order valence-electron chi connectivity index (χ1n) is 16.8. The number of carbonyl (C=O) groups excluding carboxylic acids is 4. The van der Waals surface area contributed by atoms with Gasteiger partial charge in [-0.2, -0.15) is 17.9 Å². The fourth-order valence-electron chi connectivity index (χ4n) is 4.99. The topological polar surface area (TPSA) is 180 Å². The van der Waals surface area contributed by atoms with Crippen molar-refractivity contribution in [2.45, 2.75) is 71.2 Å². The summed E-state index contributed by atoms with van der Waals surface area (Å²) in [5, 5.41) is 4.70. The fourth-order valence-corrected chi connectivity index (χ4v) is 6.15. The van der Waals surface area contributed by atoms with Gasteiger partial charge in [0.05, 0.1) is 17.4 Å². The van der Waals surface area contributed by atoms with E-state index < -0.39 is 75.5 Å². The Morgan fingerprint density at radius 1 is 1.00 bits per heavy atom. The molecule has 0 bridgehead atoms. The lowest BCUT2D eigenvalue weighted by Crippen LogP contribution is -2.44. The summed E-state index contributed by atoms with van der Waals surface area (Å²) in [6.07, 6.45) is -2.78. The predicted molar refractivity (Wildman–Crippen MR) is 198 cm³/mol. The number of halogens is 4. The highest BCUT2D eigenvalue weighted by atomic mass is 32.2. The smallest absolute Gasteiger partial charge is 0.402 e. The number of benzene rings is 2. The molecule has 0 saturated carbocycles. The van der Waals surface area contributed by atoms with Crippen LogP contribution in [0.15, 0.2) is 75.4 Å². The van der Waals surface area contributed by atoms with Crippen molar-refractivity contribution in [1.29, 1.82) is 0 Å². The first-order valence-corrected chi connectivity index (χ1v) is 18.0. The van der Waals surface area contributed by atoms with Crippen LogP contribution in [0.3, 0.4) is 0 Å². The van der Waals surface area contributed by atoms with Crippen LogP contribution in [0.25, 0.3) is 5.82 Å². The Hall–Kier alpha value is -5.98. The molecule has 0 fully saturated rings. The number of pyridine rings is 1. The second kappa shape index (κ2) is 17.2. The highest BCUT2D eigenvalue weighted by Gasteiger charge is 2.53. The third-order valence-electron chi connectivity index (χ3n) is 8.34. The summed E-state index contributed by atoms with van der Waals surface area (Å²) in [6.45, 7) is 7.92. The summed E-state index contributed by atoms with van der Waals surface area (Å²) in [6, 6.07) is 9.16. The number of nitrogens with one attached hydrogen (secondary N) is 3. The summed E-state index contributed by atoms with van der Waals surface area (Å²) in [4.78, 5) is 80.0. The molecule has 2 atom stereocenters. The van der Waals surface area contributed by atoms with Crippen LogP contribution in [-0.4, -0.2) is 56.7 Å². The largest absolute Gasteiger partial charge is 0.461 e. The van der Waals surface area contributed by atoms with Crippen LogP contribution in [-0.2, 0) is 48.1 Å². The number of aromatic nitrogens is 3. The standard InChI is InChI=1S/C37H38F4N6O8S/c1-20(2)55-33(51)29(15-23-8-13-30(42-17-23)47-32(50)22(4)18-46(7)35(47)53)44-31(49)26-14-21(3)28(16-27(26)38)45-56(54-19-48)25-11-9-24(10-12-25)43-34(52)36(5,6)37(39,40)41/h8-14,16-20,29H,15H2,1-7H3,(H2-,43,44,45,49,52)/p+1.